The quantitative estimate of drug-likeness (QED) is 0.470. The highest BCUT2D eigenvalue weighted by atomic mass is 16.1. The predicted molar refractivity (Wildman–Crippen MR) is 127 cm³/mol. The zero-order valence-corrected chi connectivity index (χ0v) is 18.6. The second-order valence-corrected chi connectivity index (χ2v) is 7.50. The second-order valence-electron chi connectivity index (χ2n) is 7.50. The molecule has 1 heterocycles. The molecular weight excluding hydrogens is 386 g/mol. The molecule has 3 rings (SSSR count). The minimum Gasteiger partial charge on any atom is -0.352 e. The van der Waals surface area contributed by atoms with Crippen LogP contribution in [0.3, 0.4) is 0 Å². The summed E-state index contributed by atoms with van der Waals surface area (Å²) in [5, 5.41) is 6.29. The molecule has 0 fully saturated rings. The Kier molecular flexibility index (Phi) is 8.12. The number of hydrogen-bond donors (Lipinski definition) is 2. The van der Waals surface area contributed by atoms with Crippen molar-refractivity contribution < 1.29 is 4.79 Å². The molecule has 2 aromatic carbocycles. The van der Waals surface area contributed by atoms with E-state index in [1.54, 1.807) is 6.33 Å². The summed E-state index contributed by atoms with van der Waals surface area (Å²) in [6.45, 7) is 10.1. The molecule has 0 aliphatic rings. The number of hydrogen-bond acceptors (Lipinski definition) is 5. The smallest absolute Gasteiger partial charge is 0.251 e. The fourth-order valence-electron chi connectivity index (χ4n) is 3.34. The molecule has 162 valence electrons. The van der Waals surface area contributed by atoms with Gasteiger partial charge in [-0.2, -0.15) is 0 Å². The van der Waals surface area contributed by atoms with Gasteiger partial charge in [0, 0.05) is 29.4 Å². The summed E-state index contributed by atoms with van der Waals surface area (Å²) in [6, 6.07) is 17.6. The molecule has 0 aliphatic carbocycles. The third-order valence-electron chi connectivity index (χ3n) is 5.24. The van der Waals surface area contributed by atoms with E-state index in [0.717, 1.165) is 43.0 Å². The summed E-state index contributed by atoms with van der Waals surface area (Å²) in [5.41, 5.74) is 4.53. The standard InChI is InChI=1S/C25H31N5O/c1-4-30(5-2)15-7-14-26-25(31)21-8-6-9-22(16-21)29-24-17-23(27-18-28-24)20-12-10-19(3)11-13-20/h6,8-13,16-18H,4-5,7,14-15H2,1-3H3,(H,26,31)(H,27,28,29). The lowest BCUT2D eigenvalue weighted by atomic mass is 10.1. The number of carbonyl (C=O) groups is 1. The third-order valence-corrected chi connectivity index (χ3v) is 5.24. The van der Waals surface area contributed by atoms with E-state index < -0.39 is 0 Å². The van der Waals surface area contributed by atoms with Gasteiger partial charge in [0.2, 0.25) is 0 Å². The maximum Gasteiger partial charge on any atom is 0.251 e. The molecule has 0 unspecified atom stereocenters. The number of benzene rings is 2. The van der Waals surface area contributed by atoms with E-state index >= 15 is 0 Å². The minimum absolute atomic E-state index is 0.0637. The van der Waals surface area contributed by atoms with Crippen molar-refractivity contribution in [3.63, 3.8) is 0 Å². The van der Waals surface area contributed by atoms with Crippen LogP contribution in [0.25, 0.3) is 11.3 Å². The summed E-state index contributed by atoms with van der Waals surface area (Å²) >= 11 is 0. The van der Waals surface area contributed by atoms with E-state index in [4.69, 9.17) is 0 Å². The van der Waals surface area contributed by atoms with Crippen molar-refractivity contribution in [3.05, 3.63) is 72.1 Å². The van der Waals surface area contributed by atoms with Crippen molar-refractivity contribution in [1.82, 2.24) is 20.2 Å². The molecule has 0 radical (unpaired) electrons. The van der Waals surface area contributed by atoms with Gasteiger partial charge in [0.1, 0.15) is 12.1 Å². The van der Waals surface area contributed by atoms with Gasteiger partial charge in [0.25, 0.3) is 5.91 Å². The number of carbonyl (C=O) groups excluding carboxylic acids is 1. The fraction of sp³-hybridized carbons (Fsp3) is 0.320. The van der Waals surface area contributed by atoms with Crippen molar-refractivity contribution in [2.24, 2.45) is 0 Å². The van der Waals surface area contributed by atoms with Crippen LogP contribution in [0.1, 0.15) is 36.2 Å². The van der Waals surface area contributed by atoms with E-state index in [0.29, 0.717) is 17.9 Å². The number of anilines is 2. The molecular formula is C25H31N5O. The van der Waals surface area contributed by atoms with Crippen LogP contribution < -0.4 is 10.6 Å². The van der Waals surface area contributed by atoms with E-state index in [1.807, 2.05) is 42.5 Å². The first-order valence-corrected chi connectivity index (χ1v) is 10.9. The van der Waals surface area contributed by atoms with E-state index in [-0.39, 0.29) is 5.91 Å². The molecule has 0 spiro atoms. The lowest BCUT2D eigenvalue weighted by molar-refractivity contribution is 0.0952. The van der Waals surface area contributed by atoms with Gasteiger partial charge in [0.05, 0.1) is 5.69 Å². The lowest BCUT2D eigenvalue weighted by Gasteiger charge is -2.17. The van der Waals surface area contributed by atoms with Crippen molar-refractivity contribution in [2.45, 2.75) is 27.2 Å². The zero-order chi connectivity index (χ0) is 22.1. The minimum atomic E-state index is -0.0637. The maximum atomic E-state index is 12.5. The molecule has 0 aliphatic heterocycles. The fourth-order valence-corrected chi connectivity index (χ4v) is 3.34. The molecule has 6 nitrogen and oxygen atoms in total. The number of aryl methyl sites for hydroxylation is 1. The highest BCUT2D eigenvalue weighted by molar-refractivity contribution is 5.95. The summed E-state index contributed by atoms with van der Waals surface area (Å²) in [6.07, 6.45) is 2.48. The normalized spacial score (nSPS) is 10.8. The average molecular weight is 418 g/mol. The first-order valence-electron chi connectivity index (χ1n) is 10.9. The third kappa shape index (κ3) is 6.62. The van der Waals surface area contributed by atoms with E-state index in [1.165, 1.54) is 5.56 Å². The van der Waals surface area contributed by atoms with Crippen LogP contribution >= 0.6 is 0 Å². The highest BCUT2D eigenvalue weighted by Gasteiger charge is 2.08. The van der Waals surface area contributed by atoms with Gasteiger partial charge in [0.15, 0.2) is 0 Å². The van der Waals surface area contributed by atoms with Crippen LogP contribution in [0.2, 0.25) is 0 Å². The van der Waals surface area contributed by atoms with Crippen LogP contribution in [0, 0.1) is 6.92 Å². The molecule has 1 amide bonds. The van der Waals surface area contributed by atoms with Crippen molar-refractivity contribution in [3.8, 4) is 11.3 Å². The van der Waals surface area contributed by atoms with Gasteiger partial charge in [-0.3, -0.25) is 4.79 Å². The predicted octanol–water partition coefficient (Wildman–Crippen LogP) is 4.66. The number of rotatable bonds is 10. The van der Waals surface area contributed by atoms with Crippen LogP contribution in [-0.4, -0.2) is 47.0 Å². The Morgan fingerprint density at radius 3 is 2.52 bits per heavy atom. The average Bonchev–Trinajstić information content (AvgIpc) is 2.80. The van der Waals surface area contributed by atoms with Crippen LogP contribution in [0.4, 0.5) is 11.5 Å². The zero-order valence-electron chi connectivity index (χ0n) is 18.6. The maximum absolute atomic E-state index is 12.5. The van der Waals surface area contributed by atoms with Crippen molar-refractivity contribution in [1.29, 1.82) is 0 Å². The molecule has 3 aromatic rings. The number of amides is 1. The van der Waals surface area contributed by atoms with Gasteiger partial charge >= 0.3 is 0 Å². The summed E-state index contributed by atoms with van der Waals surface area (Å²) in [4.78, 5) is 23.6. The van der Waals surface area contributed by atoms with E-state index in [9.17, 15) is 4.79 Å². The molecule has 1 aromatic heterocycles. The van der Waals surface area contributed by atoms with Gasteiger partial charge in [-0.25, -0.2) is 9.97 Å². The molecule has 0 saturated carbocycles. The Bertz CT molecular complexity index is 983. The molecule has 0 bridgehead atoms. The molecule has 0 saturated heterocycles. The van der Waals surface area contributed by atoms with Crippen LogP contribution in [-0.2, 0) is 0 Å². The first kappa shape index (κ1) is 22.4. The van der Waals surface area contributed by atoms with Gasteiger partial charge in [-0.1, -0.05) is 49.7 Å². The monoisotopic (exact) mass is 417 g/mol. The Labute approximate surface area is 184 Å². The van der Waals surface area contributed by atoms with Crippen LogP contribution in [0.15, 0.2) is 60.9 Å². The van der Waals surface area contributed by atoms with Gasteiger partial charge < -0.3 is 15.5 Å². The van der Waals surface area contributed by atoms with E-state index in [2.05, 4.69) is 58.4 Å². The lowest BCUT2D eigenvalue weighted by Crippen LogP contribution is -2.29. The van der Waals surface area contributed by atoms with Crippen LogP contribution in [0.5, 0.6) is 0 Å². The molecule has 6 heteroatoms. The summed E-state index contributed by atoms with van der Waals surface area (Å²) < 4.78 is 0. The first-order chi connectivity index (χ1) is 15.1. The Hall–Kier alpha value is -3.25. The summed E-state index contributed by atoms with van der Waals surface area (Å²) in [5.74, 6) is 0.619. The Morgan fingerprint density at radius 2 is 1.77 bits per heavy atom. The Morgan fingerprint density at radius 1 is 1.00 bits per heavy atom. The van der Waals surface area contributed by atoms with Crippen molar-refractivity contribution in [2.75, 3.05) is 31.5 Å². The topological polar surface area (TPSA) is 70.2 Å². The van der Waals surface area contributed by atoms with Crippen molar-refractivity contribution >= 4 is 17.4 Å². The molecule has 0 atom stereocenters. The SMILES string of the molecule is CCN(CC)CCCNC(=O)c1cccc(Nc2cc(-c3ccc(C)cc3)ncn2)c1. The number of nitrogens with one attached hydrogen (secondary N) is 2. The number of aromatic nitrogens is 2. The van der Waals surface area contributed by atoms with Gasteiger partial charge in [-0.05, 0) is 51.2 Å². The Balaban J connectivity index is 1.61. The van der Waals surface area contributed by atoms with Gasteiger partial charge in [-0.15, -0.1) is 0 Å². The molecule has 31 heavy (non-hydrogen) atoms. The molecule has 2 N–H and O–H groups in total. The largest absolute Gasteiger partial charge is 0.352 e. The highest BCUT2D eigenvalue weighted by Crippen LogP contribution is 2.22. The summed E-state index contributed by atoms with van der Waals surface area (Å²) in [7, 11) is 0. The number of nitrogens with zero attached hydrogens (tertiary/aromatic N) is 3. The second kappa shape index (κ2) is 11.2.